The summed E-state index contributed by atoms with van der Waals surface area (Å²) < 4.78 is 0. The van der Waals surface area contributed by atoms with Gasteiger partial charge in [-0.1, -0.05) is 30.5 Å². The lowest BCUT2D eigenvalue weighted by molar-refractivity contribution is -0.142. The molecule has 0 spiro atoms. The molecule has 0 bridgehead atoms. The quantitative estimate of drug-likeness (QED) is 0.821. The first-order valence-corrected chi connectivity index (χ1v) is 6.08. The monoisotopic (exact) mass is 233 g/mol. The van der Waals surface area contributed by atoms with E-state index >= 15 is 0 Å². The van der Waals surface area contributed by atoms with Gasteiger partial charge in [0.25, 0.3) is 0 Å². The standard InChI is InChI=1S/C14H19NO2/c1-10-3-7-12(8-4-10)15-14(2,13(16)17)9-11-5-6-11/h3-4,7-8,11,15H,5-6,9H2,1-2H3,(H,16,17). The Bertz CT molecular complexity index is 409. The largest absolute Gasteiger partial charge is 0.480 e. The van der Waals surface area contributed by atoms with Gasteiger partial charge in [-0.25, -0.2) is 4.79 Å². The zero-order valence-electron chi connectivity index (χ0n) is 10.4. The smallest absolute Gasteiger partial charge is 0.329 e. The number of rotatable bonds is 5. The fourth-order valence-electron chi connectivity index (χ4n) is 2.05. The van der Waals surface area contributed by atoms with Crippen molar-refractivity contribution in [2.24, 2.45) is 5.92 Å². The van der Waals surface area contributed by atoms with Crippen LogP contribution in [0.5, 0.6) is 0 Å². The number of carbonyl (C=O) groups is 1. The molecule has 0 amide bonds. The molecule has 0 saturated heterocycles. The third-order valence-electron chi connectivity index (χ3n) is 3.34. The van der Waals surface area contributed by atoms with Gasteiger partial charge in [0.1, 0.15) is 5.54 Å². The van der Waals surface area contributed by atoms with Crippen LogP contribution in [-0.4, -0.2) is 16.6 Å². The maximum atomic E-state index is 11.4. The van der Waals surface area contributed by atoms with E-state index in [-0.39, 0.29) is 0 Å². The Morgan fingerprint density at radius 1 is 1.41 bits per heavy atom. The molecule has 1 aliphatic carbocycles. The maximum Gasteiger partial charge on any atom is 0.329 e. The van der Waals surface area contributed by atoms with Crippen molar-refractivity contribution in [1.82, 2.24) is 0 Å². The normalized spacial score (nSPS) is 18.5. The molecule has 0 aliphatic heterocycles. The molecular weight excluding hydrogens is 214 g/mol. The van der Waals surface area contributed by atoms with E-state index in [9.17, 15) is 9.90 Å². The van der Waals surface area contributed by atoms with Crippen LogP contribution >= 0.6 is 0 Å². The Kier molecular flexibility index (Phi) is 3.09. The summed E-state index contributed by atoms with van der Waals surface area (Å²) in [6, 6.07) is 7.84. The van der Waals surface area contributed by atoms with Crippen LogP contribution in [0.1, 0.15) is 31.7 Å². The molecule has 3 nitrogen and oxygen atoms in total. The molecule has 1 saturated carbocycles. The second kappa shape index (κ2) is 4.40. The number of carboxylic acids is 1. The SMILES string of the molecule is Cc1ccc(NC(C)(CC2CC2)C(=O)O)cc1. The fourth-order valence-corrected chi connectivity index (χ4v) is 2.05. The zero-order valence-corrected chi connectivity index (χ0v) is 10.4. The molecule has 0 radical (unpaired) electrons. The highest BCUT2D eigenvalue weighted by Gasteiger charge is 2.39. The fraction of sp³-hybridized carbons (Fsp3) is 0.500. The predicted molar refractivity (Wildman–Crippen MR) is 68.2 cm³/mol. The van der Waals surface area contributed by atoms with Gasteiger partial charge in [0, 0.05) is 5.69 Å². The Morgan fingerprint density at radius 2 is 2.00 bits per heavy atom. The van der Waals surface area contributed by atoms with Gasteiger partial charge < -0.3 is 10.4 Å². The average molecular weight is 233 g/mol. The second-order valence-electron chi connectivity index (χ2n) is 5.28. The first-order valence-electron chi connectivity index (χ1n) is 6.08. The number of carboxylic acid groups (broad SMARTS) is 1. The number of hydrogen-bond acceptors (Lipinski definition) is 2. The number of aryl methyl sites for hydroxylation is 1. The van der Waals surface area contributed by atoms with E-state index in [1.54, 1.807) is 6.92 Å². The molecule has 1 aromatic carbocycles. The first-order chi connectivity index (χ1) is 7.99. The average Bonchev–Trinajstić information content (AvgIpc) is 3.05. The van der Waals surface area contributed by atoms with Crippen molar-refractivity contribution in [2.75, 3.05) is 5.32 Å². The Hall–Kier alpha value is -1.51. The molecule has 2 rings (SSSR count). The van der Waals surface area contributed by atoms with E-state index in [0.29, 0.717) is 12.3 Å². The summed E-state index contributed by atoms with van der Waals surface area (Å²) in [5.74, 6) is -0.195. The minimum absolute atomic E-state index is 0.578. The molecule has 2 N–H and O–H groups in total. The van der Waals surface area contributed by atoms with Crippen LogP contribution in [0.15, 0.2) is 24.3 Å². The molecule has 17 heavy (non-hydrogen) atoms. The van der Waals surface area contributed by atoms with E-state index in [1.807, 2.05) is 31.2 Å². The van der Waals surface area contributed by atoms with Gasteiger partial charge >= 0.3 is 5.97 Å². The minimum Gasteiger partial charge on any atom is -0.480 e. The molecule has 1 unspecified atom stereocenters. The minimum atomic E-state index is -0.851. The summed E-state index contributed by atoms with van der Waals surface area (Å²) in [6.07, 6.45) is 3.03. The van der Waals surface area contributed by atoms with E-state index in [4.69, 9.17) is 0 Å². The summed E-state index contributed by atoms with van der Waals surface area (Å²) in [7, 11) is 0. The van der Waals surface area contributed by atoms with Crippen molar-refractivity contribution in [3.8, 4) is 0 Å². The highest BCUT2D eigenvalue weighted by molar-refractivity contribution is 5.82. The van der Waals surface area contributed by atoms with Crippen molar-refractivity contribution in [2.45, 2.75) is 38.6 Å². The van der Waals surface area contributed by atoms with Gasteiger partial charge in [-0.05, 0) is 38.3 Å². The van der Waals surface area contributed by atoms with Gasteiger partial charge in [0.15, 0.2) is 0 Å². The van der Waals surface area contributed by atoms with Crippen molar-refractivity contribution >= 4 is 11.7 Å². The van der Waals surface area contributed by atoms with Gasteiger partial charge in [-0.2, -0.15) is 0 Å². The van der Waals surface area contributed by atoms with Crippen LogP contribution < -0.4 is 5.32 Å². The molecule has 0 aromatic heterocycles. The summed E-state index contributed by atoms with van der Waals surface area (Å²) in [5, 5.41) is 12.5. The van der Waals surface area contributed by atoms with Gasteiger partial charge in [0.2, 0.25) is 0 Å². The first kappa shape index (κ1) is 12.0. The van der Waals surface area contributed by atoms with E-state index in [1.165, 1.54) is 18.4 Å². The third-order valence-corrected chi connectivity index (χ3v) is 3.34. The molecule has 3 heteroatoms. The lowest BCUT2D eigenvalue weighted by Gasteiger charge is -2.27. The summed E-state index contributed by atoms with van der Waals surface area (Å²) in [5.41, 5.74) is 1.20. The van der Waals surface area contributed by atoms with Gasteiger partial charge in [0.05, 0.1) is 0 Å². The van der Waals surface area contributed by atoms with Crippen LogP contribution in [0.3, 0.4) is 0 Å². The lowest BCUT2D eigenvalue weighted by Crippen LogP contribution is -2.43. The topological polar surface area (TPSA) is 49.3 Å². The van der Waals surface area contributed by atoms with Crippen LogP contribution in [0.25, 0.3) is 0 Å². The molecule has 1 fully saturated rings. The van der Waals surface area contributed by atoms with Gasteiger partial charge in [-0.15, -0.1) is 0 Å². The van der Waals surface area contributed by atoms with Crippen molar-refractivity contribution < 1.29 is 9.90 Å². The maximum absolute atomic E-state index is 11.4. The molecular formula is C14H19NO2. The van der Waals surface area contributed by atoms with Gasteiger partial charge in [-0.3, -0.25) is 0 Å². The molecule has 92 valence electrons. The Morgan fingerprint density at radius 3 is 2.47 bits per heavy atom. The van der Waals surface area contributed by atoms with E-state index in [2.05, 4.69) is 5.32 Å². The number of anilines is 1. The van der Waals surface area contributed by atoms with E-state index in [0.717, 1.165) is 5.69 Å². The number of benzene rings is 1. The zero-order chi connectivity index (χ0) is 12.5. The summed E-state index contributed by atoms with van der Waals surface area (Å²) in [6.45, 7) is 3.79. The molecule has 1 atom stereocenters. The van der Waals surface area contributed by atoms with Crippen LogP contribution in [0, 0.1) is 12.8 Å². The third kappa shape index (κ3) is 2.99. The highest BCUT2D eigenvalue weighted by atomic mass is 16.4. The summed E-state index contributed by atoms with van der Waals surface area (Å²) in [4.78, 5) is 11.4. The van der Waals surface area contributed by atoms with Crippen LogP contribution in [-0.2, 0) is 4.79 Å². The number of nitrogens with one attached hydrogen (secondary N) is 1. The Balaban J connectivity index is 2.11. The predicted octanol–water partition coefficient (Wildman–Crippen LogP) is 3.05. The van der Waals surface area contributed by atoms with E-state index < -0.39 is 11.5 Å². The summed E-state index contributed by atoms with van der Waals surface area (Å²) >= 11 is 0. The molecule has 0 heterocycles. The van der Waals surface area contributed by atoms with Crippen LogP contribution in [0.4, 0.5) is 5.69 Å². The number of aliphatic carboxylic acids is 1. The van der Waals surface area contributed by atoms with Crippen molar-refractivity contribution in [1.29, 1.82) is 0 Å². The Labute approximate surface area is 102 Å². The lowest BCUT2D eigenvalue weighted by atomic mass is 9.94. The van der Waals surface area contributed by atoms with Crippen LogP contribution in [0.2, 0.25) is 0 Å². The highest BCUT2D eigenvalue weighted by Crippen LogP contribution is 2.38. The number of hydrogen-bond donors (Lipinski definition) is 2. The van der Waals surface area contributed by atoms with Crippen molar-refractivity contribution in [3.63, 3.8) is 0 Å². The molecule has 1 aliphatic rings. The molecule has 1 aromatic rings. The second-order valence-corrected chi connectivity index (χ2v) is 5.28. The van der Waals surface area contributed by atoms with Crippen molar-refractivity contribution in [3.05, 3.63) is 29.8 Å².